The van der Waals surface area contributed by atoms with Gasteiger partial charge in [-0.1, -0.05) is 139 Å². The highest BCUT2D eigenvalue weighted by Crippen LogP contribution is 2.29. The summed E-state index contributed by atoms with van der Waals surface area (Å²) in [4.78, 5) is 16.9. The van der Waals surface area contributed by atoms with Gasteiger partial charge in [0.2, 0.25) is 5.82 Å². The van der Waals surface area contributed by atoms with Crippen LogP contribution < -0.4 is 4.74 Å². The summed E-state index contributed by atoms with van der Waals surface area (Å²) >= 11 is 0. The van der Waals surface area contributed by atoms with E-state index < -0.39 is 0 Å². The van der Waals surface area contributed by atoms with Crippen molar-refractivity contribution >= 4 is 5.97 Å². The van der Waals surface area contributed by atoms with Crippen molar-refractivity contribution in [1.29, 1.82) is 0 Å². The summed E-state index contributed by atoms with van der Waals surface area (Å²) in [6.45, 7) is 5.42. The number of nitrogens with zero attached hydrogens (tertiary/aromatic N) is 2. The third-order valence-corrected chi connectivity index (χ3v) is 8.69. The molecule has 0 radical (unpaired) electrons. The van der Waals surface area contributed by atoms with Crippen molar-refractivity contribution in [1.82, 2.24) is 10.1 Å². The first kappa shape index (κ1) is 36.8. The number of esters is 1. The Hall–Kier alpha value is -4.00. The Balaban J connectivity index is 1.20. The lowest BCUT2D eigenvalue weighted by molar-refractivity contribution is 0.0497. The lowest BCUT2D eigenvalue weighted by atomic mass is 10.0. The molecule has 1 aromatic heterocycles. The molecule has 0 N–H and O–H groups in total. The van der Waals surface area contributed by atoms with Gasteiger partial charge in [0, 0.05) is 11.1 Å². The monoisotopic (exact) mass is 656 g/mol. The number of benzene rings is 3. The van der Waals surface area contributed by atoms with Crippen LogP contribution in [-0.4, -0.2) is 29.3 Å². The van der Waals surface area contributed by atoms with E-state index in [0.29, 0.717) is 36.2 Å². The molecule has 0 aliphatic heterocycles. The van der Waals surface area contributed by atoms with Gasteiger partial charge in [0.15, 0.2) is 11.6 Å². The molecule has 3 aromatic carbocycles. The first-order valence-corrected chi connectivity index (χ1v) is 18.2. The minimum atomic E-state index is -0.359. The highest BCUT2D eigenvalue weighted by molar-refractivity contribution is 5.89. The number of unbranched alkanes of at least 4 members (excludes halogenated alkanes) is 14. The van der Waals surface area contributed by atoms with E-state index in [9.17, 15) is 9.18 Å². The maximum atomic E-state index is 14.8. The zero-order valence-electron chi connectivity index (χ0n) is 29.0. The number of ether oxygens (including phenoxy) is 2. The van der Waals surface area contributed by atoms with E-state index in [1.165, 1.54) is 83.1 Å². The van der Waals surface area contributed by atoms with E-state index in [2.05, 4.69) is 24.0 Å². The van der Waals surface area contributed by atoms with Gasteiger partial charge in [-0.05, 0) is 60.4 Å². The fraction of sp³-hybridized carbons (Fsp3) is 0.488. The molecule has 48 heavy (non-hydrogen) atoms. The van der Waals surface area contributed by atoms with Gasteiger partial charge in [0.05, 0.1) is 18.8 Å². The summed E-state index contributed by atoms with van der Waals surface area (Å²) in [5.41, 5.74) is 3.62. The number of carbonyl (C=O) groups excluding carboxylic acids is 1. The number of carbonyl (C=O) groups is 1. The smallest absolute Gasteiger partial charge is 0.338 e. The molecule has 4 aromatic rings. The minimum Gasteiger partial charge on any atom is -0.491 e. The van der Waals surface area contributed by atoms with Crippen LogP contribution in [0, 0.1) is 5.82 Å². The van der Waals surface area contributed by atoms with Crippen molar-refractivity contribution < 1.29 is 23.2 Å². The molecule has 1 heterocycles. The predicted molar refractivity (Wildman–Crippen MR) is 192 cm³/mol. The number of hydrogen-bond acceptors (Lipinski definition) is 6. The Morgan fingerprint density at radius 2 is 1.15 bits per heavy atom. The highest BCUT2D eigenvalue weighted by atomic mass is 19.1. The summed E-state index contributed by atoms with van der Waals surface area (Å²) in [5, 5.41) is 4.13. The molecular formula is C41H53FN2O4. The van der Waals surface area contributed by atoms with Crippen LogP contribution in [-0.2, 0) is 4.74 Å². The van der Waals surface area contributed by atoms with Crippen LogP contribution in [0.25, 0.3) is 34.0 Å². The normalized spacial score (nSPS) is 11.1. The molecule has 0 saturated carbocycles. The van der Waals surface area contributed by atoms with Gasteiger partial charge in [-0.2, -0.15) is 4.98 Å². The average molecular weight is 657 g/mol. The van der Waals surface area contributed by atoms with Crippen molar-refractivity contribution in [2.24, 2.45) is 0 Å². The van der Waals surface area contributed by atoms with Crippen molar-refractivity contribution in [3.63, 3.8) is 0 Å². The minimum absolute atomic E-state index is 0.294. The van der Waals surface area contributed by atoms with Gasteiger partial charge in [-0.25, -0.2) is 9.18 Å². The maximum Gasteiger partial charge on any atom is 0.338 e. The molecular weight excluding hydrogens is 603 g/mol. The summed E-state index contributed by atoms with van der Waals surface area (Å²) in [6.07, 6.45) is 19.4. The van der Waals surface area contributed by atoms with Crippen molar-refractivity contribution in [2.75, 3.05) is 13.2 Å². The Morgan fingerprint density at radius 1 is 0.625 bits per heavy atom. The molecule has 0 amide bonds. The predicted octanol–water partition coefficient (Wildman–Crippen LogP) is 12.0. The molecule has 258 valence electrons. The largest absolute Gasteiger partial charge is 0.491 e. The highest BCUT2D eigenvalue weighted by Gasteiger charge is 2.14. The van der Waals surface area contributed by atoms with Crippen molar-refractivity contribution in [3.8, 4) is 39.7 Å². The van der Waals surface area contributed by atoms with E-state index in [4.69, 9.17) is 14.0 Å². The summed E-state index contributed by atoms with van der Waals surface area (Å²) in [6, 6.07) is 19.7. The fourth-order valence-corrected chi connectivity index (χ4v) is 5.72. The summed E-state index contributed by atoms with van der Waals surface area (Å²) in [5.74, 6) is 0.415. The first-order chi connectivity index (χ1) is 23.6. The zero-order valence-corrected chi connectivity index (χ0v) is 29.0. The molecule has 0 aliphatic carbocycles. The fourth-order valence-electron chi connectivity index (χ4n) is 5.72. The number of rotatable bonds is 23. The number of halogens is 1. The van der Waals surface area contributed by atoms with Gasteiger partial charge >= 0.3 is 5.97 Å². The topological polar surface area (TPSA) is 74.5 Å². The van der Waals surface area contributed by atoms with Crippen LogP contribution in [0.1, 0.15) is 127 Å². The van der Waals surface area contributed by atoms with Gasteiger partial charge in [0.1, 0.15) is 0 Å². The summed E-state index contributed by atoms with van der Waals surface area (Å²) in [7, 11) is 0. The first-order valence-electron chi connectivity index (χ1n) is 18.2. The SMILES string of the molecule is CCCCCCCCCCCCOc1ccc(-c2ccc(-c3nc(-c4ccc(C(=O)OCCCCCCCC)cc4)no3)cc2)cc1F. The van der Waals surface area contributed by atoms with Gasteiger partial charge in [0.25, 0.3) is 5.89 Å². The van der Waals surface area contributed by atoms with E-state index in [1.54, 1.807) is 30.3 Å². The Bertz CT molecular complexity index is 1480. The lowest BCUT2D eigenvalue weighted by Gasteiger charge is -2.09. The molecule has 0 saturated heterocycles. The van der Waals surface area contributed by atoms with Crippen LogP contribution in [0.2, 0.25) is 0 Å². The molecule has 6 nitrogen and oxygen atoms in total. The molecule has 0 atom stereocenters. The van der Waals surface area contributed by atoms with Crippen LogP contribution in [0.3, 0.4) is 0 Å². The molecule has 0 fully saturated rings. The molecule has 0 bridgehead atoms. The van der Waals surface area contributed by atoms with Crippen molar-refractivity contribution in [3.05, 3.63) is 78.1 Å². The average Bonchev–Trinajstić information content (AvgIpc) is 3.61. The molecule has 0 spiro atoms. The molecule has 4 rings (SSSR count). The third kappa shape index (κ3) is 12.2. The second-order valence-corrected chi connectivity index (χ2v) is 12.7. The van der Waals surface area contributed by atoms with Crippen LogP contribution >= 0.6 is 0 Å². The van der Waals surface area contributed by atoms with Crippen molar-refractivity contribution in [2.45, 2.75) is 117 Å². The maximum absolute atomic E-state index is 14.8. The molecule has 0 unspecified atom stereocenters. The Kier molecular flexibility index (Phi) is 16.2. The zero-order chi connectivity index (χ0) is 33.8. The Morgan fingerprint density at radius 3 is 1.75 bits per heavy atom. The number of aromatic nitrogens is 2. The van der Waals surface area contributed by atoms with Gasteiger partial charge < -0.3 is 14.0 Å². The van der Waals surface area contributed by atoms with Crippen LogP contribution in [0.5, 0.6) is 5.75 Å². The number of hydrogen-bond donors (Lipinski definition) is 0. The molecule has 7 heteroatoms. The van der Waals surface area contributed by atoms with E-state index >= 15 is 0 Å². The van der Waals surface area contributed by atoms with E-state index in [0.717, 1.165) is 47.9 Å². The second kappa shape index (κ2) is 21.1. The third-order valence-electron chi connectivity index (χ3n) is 8.69. The second-order valence-electron chi connectivity index (χ2n) is 12.7. The van der Waals surface area contributed by atoms with E-state index in [1.807, 2.05) is 30.3 Å². The van der Waals surface area contributed by atoms with Crippen LogP contribution in [0.15, 0.2) is 71.3 Å². The van der Waals surface area contributed by atoms with E-state index in [-0.39, 0.29) is 11.8 Å². The molecule has 0 aliphatic rings. The quantitative estimate of drug-likeness (QED) is 0.0584. The van der Waals surface area contributed by atoms with Gasteiger partial charge in [-0.3, -0.25) is 0 Å². The summed E-state index contributed by atoms with van der Waals surface area (Å²) < 4.78 is 31.5. The van der Waals surface area contributed by atoms with Gasteiger partial charge in [-0.15, -0.1) is 0 Å². The lowest BCUT2D eigenvalue weighted by Crippen LogP contribution is -2.06. The van der Waals surface area contributed by atoms with Crippen LogP contribution in [0.4, 0.5) is 4.39 Å². The standard InChI is InChI=1S/C41H53FN2O4/c1-3-5-7-9-11-12-13-14-16-17-29-46-38-28-27-36(31-37(38)42)32-19-23-34(24-20-32)40-43-39(44-48-40)33-21-25-35(26-22-33)41(45)47-30-18-15-10-8-6-4-2/h19-28,31H,3-18,29-30H2,1-2H3. The Labute approximate surface area is 286 Å².